The summed E-state index contributed by atoms with van der Waals surface area (Å²) in [6.45, 7) is 3.93. The zero-order valence-electron chi connectivity index (χ0n) is 11.5. The van der Waals surface area contributed by atoms with Crippen molar-refractivity contribution in [2.45, 2.75) is 37.0 Å². The molecule has 0 aliphatic heterocycles. The molecule has 1 aromatic rings. The molecule has 0 amide bonds. The minimum Gasteiger partial charge on any atom is -0.329 e. The number of benzene rings is 1. The van der Waals surface area contributed by atoms with Gasteiger partial charge in [-0.25, -0.2) is 8.42 Å². The fourth-order valence-corrected chi connectivity index (χ4v) is 4.85. The molecule has 5 heteroatoms. The van der Waals surface area contributed by atoms with Gasteiger partial charge in [-0.2, -0.15) is 0 Å². The smallest absolute Gasteiger partial charge is 0.155 e. The van der Waals surface area contributed by atoms with Gasteiger partial charge in [-0.05, 0) is 17.5 Å². The summed E-state index contributed by atoms with van der Waals surface area (Å²) < 4.78 is 24.2. The second-order valence-corrected chi connectivity index (χ2v) is 7.67. The Kier molecular flexibility index (Phi) is 3.73. The molecule has 0 aromatic heterocycles. The number of aryl methyl sites for hydroxylation is 1. The highest BCUT2D eigenvalue weighted by atomic mass is 32.2. The van der Waals surface area contributed by atoms with E-state index < -0.39 is 20.6 Å². The van der Waals surface area contributed by atoms with Crippen LogP contribution in [-0.2, 0) is 16.3 Å². The molecule has 19 heavy (non-hydrogen) atoms. The third-order valence-corrected chi connectivity index (χ3v) is 6.48. The lowest BCUT2D eigenvalue weighted by Gasteiger charge is -2.08. The summed E-state index contributed by atoms with van der Waals surface area (Å²) in [7, 11) is -3.16. The summed E-state index contributed by atoms with van der Waals surface area (Å²) in [4.78, 5) is 0. The maximum atomic E-state index is 12.1. The van der Waals surface area contributed by atoms with E-state index in [1.807, 2.05) is 24.3 Å². The van der Waals surface area contributed by atoms with Crippen molar-refractivity contribution in [3.05, 3.63) is 35.4 Å². The predicted octanol–water partition coefficient (Wildman–Crippen LogP) is 0.806. The largest absolute Gasteiger partial charge is 0.329 e. The molecule has 106 valence electrons. The molecule has 1 aliphatic rings. The van der Waals surface area contributed by atoms with Gasteiger partial charge in [0.2, 0.25) is 0 Å². The zero-order chi connectivity index (χ0) is 14.3. The maximum Gasteiger partial charge on any atom is 0.155 e. The van der Waals surface area contributed by atoms with Gasteiger partial charge in [-0.1, -0.05) is 38.1 Å². The van der Waals surface area contributed by atoms with Gasteiger partial charge in [-0.15, -0.1) is 0 Å². The van der Waals surface area contributed by atoms with Crippen LogP contribution in [0.5, 0.6) is 0 Å². The third-order valence-electron chi connectivity index (χ3n) is 4.19. The minimum atomic E-state index is -3.16. The summed E-state index contributed by atoms with van der Waals surface area (Å²) in [6.07, 6.45) is 0.965. The summed E-state index contributed by atoms with van der Waals surface area (Å²) in [5, 5.41) is -0.539. The molecule has 0 bridgehead atoms. The standard InChI is InChI=1S/C14H22N2O2S/c1-3-10-5-7-11(8-6-10)12-13(14(12,16)9-15)19(17,18)4-2/h5-8,12-13H,3-4,9,15-16H2,1-2H3/t12-,13+,14+/m0/s1. The second kappa shape index (κ2) is 4.89. The first kappa shape index (κ1) is 14.5. The first-order chi connectivity index (χ1) is 8.90. The van der Waals surface area contributed by atoms with Crippen molar-refractivity contribution in [2.24, 2.45) is 11.5 Å². The second-order valence-electron chi connectivity index (χ2n) is 5.26. The first-order valence-electron chi connectivity index (χ1n) is 6.70. The molecular weight excluding hydrogens is 260 g/mol. The van der Waals surface area contributed by atoms with E-state index in [1.54, 1.807) is 6.92 Å². The fourth-order valence-electron chi connectivity index (χ4n) is 2.83. The first-order valence-corrected chi connectivity index (χ1v) is 8.41. The number of hydrogen-bond acceptors (Lipinski definition) is 4. The Labute approximate surface area is 115 Å². The van der Waals surface area contributed by atoms with Gasteiger partial charge in [0.25, 0.3) is 0 Å². The average Bonchev–Trinajstić information content (AvgIpc) is 3.07. The van der Waals surface area contributed by atoms with Crippen LogP contribution >= 0.6 is 0 Å². The molecule has 2 rings (SSSR count). The lowest BCUT2D eigenvalue weighted by atomic mass is 10.0. The molecule has 3 atom stereocenters. The van der Waals surface area contributed by atoms with Crippen molar-refractivity contribution in [2.75, 3.05) is 12.3 Å². The van der Waals surface area contributed by atoms with E-state index in [1.165, 1.54) is 5.56 Å². The Bertz CT molecular complexity index is 553. The number of hydrogen-bond donors (Lipinski definition) is 2. The predicted molar refractivity (Wildman–Crippen MR) is 77.8 cm³/mol. The monoisotopic (exact) mass is 282 g/mol. The Hall–Kier alpha value is -0.910. The average molecular weight is 282 g/mol. The fraction of sp³-hybridized carbons (Fsp3) is 0.571. The third kappa shape index (κ3) is 2.30. The molecule has 0 unspecified atom stereocenters. The molecule has 1 aromatic carbocycles. The van der Waals surface area contributed by atoms with Crippen LogP contribution in [0.1, 0.15) is 30.9 Å². The Morgan fingerprint density at radius 2 is 1.79 bits per heavy atom. The molecule has 4 N–H and O–H groups in total. The van der Waals surface area contributed by atoms with Crippen LogP contribution in [0.15, 0.2) is 24.3 Å². The highest BCUT2D eigenvalue weighted by molar-refractivity contribution is 7.92. The van der Waals surface area contributed by atoms with Crippen LogP contribution in [0.3, 0.4) is 0 Å². The molecule has 1 aliphatic carbocycles. The van der Waals surface area contributed by atoms with Crippen molar-refractivity contribution in [3.63, 3.8) is 0 Å². The van der Waals surface area contributed by atoms with Crippen molar-refractivity contribution < 1.29 is 8.42 Å². The van der Waals surface area contributed by atoms with Crippen molar-refractivity contribution >= 4 is 9.84 Å². The summed E-state index contributed by atoms with van der Waals surface area (Å²) in [6, 6.07) is 8.01. The van der Waals surface area contributed by atoms with Crippen molar-refractivity contribution in [3.8, 4) is 0 Å². The number of nitrogens with two attached hydrogens (primary N) is 2. The quantitative estimate of drug-likeness (QED) is 0.836. The topological polar surface area (TPSA) is 86.2 Å². The van der Waals surface area contributed by atoms with Crippen LogP contribution < -0.4 is 11.5 Å². The normalized spacial score (nSPS) is 30.3. The van der Waals surface area contributed by atoms with E-state index in [0.717, 1.165) is 12.0 Å². The molecule has 0 heterocycles. The van der Waals surface area contributed by atoms with Crippen molar-refractivity contribution in [1.82, 2.24) is 0 Å². The van der Waals surface area contributed by atoms with Crippen LogP contribution in [0.4, 0.5) is 0 Å². The van der Waals surface area contributed by atoms with Crippen LogP contribution in [-0.4, -0.2) is 31.5 Å². The minimum absolute atomic E-state index is 0.111. The number of sulfone groups is 1. The van der Waals surface area contributed by atoms with E-state index in [2.05, 4.69) is 6.92 Å². The van der Waals surface area contributed by atoms with E-state index in [-0.39, 0.29) is 18.2 Å². The molecule has 1 saturated carbocycles. The summed E-state index contributed by atoms with van der Waals surface area (Å²) in [5.41, 5.74) is 13.3. The zero-order valence-corrected chi connectivity index (χ0v) is 12.3. The van der Waals surface area contributed by atoms with Gasteiger partial charge in [0, 0.05) is 18.2 Å². The SMILES string of the molecule is CCc1ccc([C@H]2[C@@H](S(=O)(=O)CC)[C@@]2(N)CN)cc1. The number of rotatable bonds is 5. The Morgan fingerprint density at radius 3 is 2.21 bits per heavy atom. The summed E-state index contributed by atoms with van der Waals surface area (Å²) in [5.74, 6) is -0.0615. The van der Waals surface area contributed by atoms with Crippen LogP contribution in [0.25, 0.3) is 0 Å². The van der Waals surface area contributed by atoms with Crippen LogP contribution in [0.2, 0.25) is 0 Å². The molecule has 4 nitrogen and oxygen atoms in total. The van der Waals surface area contributed by atoms with Gasteiger partial charge >= 0.3 is 0 Å². The van der Waals surface area contributed by atoms with E-state index in [0.29, 0.717) is 0 Å². The van der Waals surface area contributed by atoms with E-state index in [9.17, 15) is 8.42 Å². The van der Waals surface area contributed by atoms with Gasteiger partial charge < -0.3 is 11.5 Å². The highest BCUT2D eigenvalue weighted by Gasteiger charge is 2.67. The molecule has 1 fully saturated rings. The molecule has 0 radical (unpaired) electrons. The lowest BCUT2D eigenvalue weighted by Crippen LogP contribution is -2.39. The van der Waals surface area contributed by atoms with Gasteiger partial charge in [0.1, 0.15) is 0 Å². The Morgan fingerprint density at radius 1 is 1.21 bits per heavy atom. The van der Waals surface area contributed by atoms with E-state index in [4.69, 9.17) is 11.5 Å². The molecule has 0 spiro atoms. The van der Waals surface area contributed by atoms with Crippen LogP contribution in [0, 0.1) is 0 Å². The van der Waals surface area contributed by atoms with Crippen molar-refractivity contribution in [1.29, 1.82) is 0 Å². The van der Waals surface area contributed by atoms with E-state index >= 15 is 0 Å². The lowest BCUT2D eigenvalue weighted by molar-refractivity contribution is 0.587. The highest BCUT2D eigenvalue weighted by Crippen LogP contribution is 2.53. The Balaban J connectivity index is 2.34. The van der Waals surface area contributed by atoms with Gasteiger partial charge in [0.05, 0.1) is 10.8 Å². The summed E-state index contributed by atoms with van der Waals surface area (Å²) >= 11 is 0. The maximum absolute atomic E-state index is 12.1. The van der Waals surface area contributed by atoms with Gasteiger partial charge in [-0.3, -0.25) is 0 Å². The molecule has 0 saturated heterocycles. The molecular formula is C14H22N2O2S. The van der Waals surface area contributed by atoms with Gasteiger partial charge in [0.15, 0.2) is 9.84 Å².